The molecule has 5 heteroatoms. The minimum Gasteiger partial charge on any atom is -0.327 e. The highest BCUT2D eigenvalue weighted by Crippen LogP contribution is 2.75. The molecule has 35 heavy (non-hydrogen) atoms. The lowest BCUT2D eigenvalue weighted by molar-refractivity contribution is -0.187. The third-order valence-corrected chi connectivity index (χ3v) is 13.3. The van der Waals surface area contributed by atoms with E-state index in [1.807, 2.05) is 12.4 Å². The van der Waals surface area contributed by atoms with Gasteiger partial charge in [0.1, 0.15) is 0 Å². The van der Waals surface area contributed by atoms with Crippen molar-refractivity contribution in [1.82, 2.24) is 5.48 Å². The third-order valence-electron chi connectivity index (χ3n) is 13.3. The van der Waals surface area contributed by atoms with Gasteiger partial charge >= 0.3 is 0 Å². The minimum atomic E-state index is -0.605. The molecular weight excluding hydrogens is 436 g/mol. The summed E-state index contributed by atoms with van der Waals surface area (Å²) in [6, 6.07) is 0.193. The van der Waals surface area contributed by atoms with Crippen molar-refractivity contribution in [3.05, 3.63) is 11.6 Å². The molecule has 0 heterocycles. The normalized spacial score (nSPS) is 52.8. The van der Waals surface area contributed by atoms with E-state index >= 15 is 0 Å². The fraction of sp³-hybridized carbons (Fsp3) is 0.867. The van der Waals surface area contributed by atoms with Crippen LogP contribution >= 0.6 is 0 Å². The van der Waals surface area contributed by atoms with Gasteiger partial charge in [0.25, 0.3) is 0 Å². The molecule has 5 aliphatic carbocycles. The monoisotopic (exact) mass is 484 g/mol. The van der Waals surface area contributed by atoms with Crippen molar-refractivity contribution in [3.63, 3.8) is 0 Å². The molecular formula is C30H48N2O3. The van der Waals surface area contributed by atoms with Gasteiger partial charge in [-0.1, -0.05) is 54.0 Å². The highest BCUT2D eigenvalue weighted by Gasteiger charge is 2.70. The molecule has 0 aromatic rings. The van der Waals surface area contributed by atoms with Crippen LogP contribution < -0.4 is 11.2 Å². The van der Waals surface area contributed by atoms with Crippen LogP contribution in [-0.4, -0.2) is 22.9 Å². The second-order valence-corrected chi connectivity index (χ2v) is 15.2. The van der Waals surface area contributed by atoms with Crippen LogP contribution in [0.5, 0.6) is 0 Å². The van der Waals surface area contributed by atoms with E-state index < -0.39 is 5.41 Å². The van der Waals surface area contributed by atoms with Gasteiger partial charge in [0.15, 0.2) is 5.78 Å². The number of carbonyl (C=O) groups excluding carboxylic acids is 2. The summed E-state index contributed by atoms with van der Waals surface area (Å²) in [5.41, 5.74) is 9.24. The predicted octanol–water partition coefficient (Wildman–Crippen LogP) is 5.80. The Kier molecular flexibility index (Phi) is 5.40. The summed E-state index contributed by atoms with van der Waals surface area (Å²) in [4.78, 5) is 27.0. The first kappa shape index (κ1) is 25.4. The van der Waals surface area contributed by atoms with Crippen molar-refractivity contribution < 1.29 is 14.8 Å². The minimum absolute atomic E-state index is 0.0225. The summed E-state index contributed by atoms with van der Waals surface area (Å²) >= 11 is 0. The van der Waals surface area contributed by atoms with Crippen LogP contribution in [0.3, 0.4) is 0 Å². The van der Waals surface area contributed by atoms with E-state index in [1.54, 1.807) is 0 Å². The Labute approximate surface area is 212 Å². The first-order valence-corrected chi connectivity index (χ1v) is 14.1. The fourth-order valence-corrected chi connectivity index (χ4v) is 10.6. The fourth-order valence-electron chi connectivity index (χ4n) is 10.6. The Hall–Kier alpha value is -1.20. The quantitative estimate of drug-likeness (QED) is 0.324. The summed E-state index contributed by atoms with van der Waals surface area (Å²) in [6.07, 6.45) is 11.0. The lowest BCUT2D eigenvalue weighted by Gasteiger charge is -2.70. The SMILES string of the molecule is CC1(C)C2CC[C@]3(C)[C@H](C(=O)C=C4[C@@H]5C[C@@](C)(C(=O)NO)CC[C@]5(C)CC[C@]43C)[C@@]2(C)CC[C@@H]1N. The average Bonchev–Trinajstić information content (AvgIpc) is 2.78. The van der Waals surface area contributed by atoms with Gasteiger partial charge in [0, 0.05) is 17.4 Å². The molecule has 1 unspecified atom stereocenters. The number of fused-ring (bicyclic) bond motifs is 7. The van der Waals surface area contributed by atoms with Crippen molar-refractivity contribution in [2.24, 2.45) is 56.0 Å². The Morgan fingerprint density at radius 2 is 1.63 bits per heavy atom. The number of hydrogen-bond acceptors (Lipinski definition) is 4. The maximum atomic E-state index is 14.3. The van der Waals surface area contributed by atoms with Gasteiger partial charge in [0.05, 0.1) is 0 Å². The number of rotatable bonds is 1. The molecule has 4 saturated carbocycles. The topological polar surface area (TPSA) is 92.4 Å². The highest BCUT2D eigenvalue weighted by atomic mass is 16.5. The van der Waals surface area contributed by atoms with Crippen molar-refractivity contribution in [2.75, 3.05) is 0 Å². The van der Waals surface area contributed by atoms with Gasteiger partial charge in [-0.05, 0) is 103 Å². The van der Waals surface area contributed by atoms with Crippen LogP contribution in [0.1, 0.15) is 106 Å². The van der Waals surface area contributed by atoms with E-state index in [4.69, 9.17) is 5.73 Å². The van der Waals surface area contributed by atoms with E-state index in [2.05, 4.69) is 47.6 Å². The molecule has 5 nitrogen and oxygen atoms in total. The second kappa shape index (κ2) is 7.43. The largest absolute Gasteiger partial charge is 0.327 e. The number of carbonyl (C=O) groups is 2. The van der Waals surface area contributed by atoms with E-state index in [9.17, 15) is 14.8 Å². The molecule has 0 aromatic heterocycles. The first-order chi connectivity index (χ1) is 16.1. The van der Waals surface area contributed by atoms with E-state index in [0.717, 1.165) is 51.4 Å². The standard InChI is InChI=1S/C30H48N2O3/c1-25(2)21-8-11-30(7)23(28(21,5)10-9-22(25)31)20(33)16-18-19-17-27(4,24(34)32-35)13-12-26(19,3)14-15-29(18,30)6/h16,19,21-23,35H,8-15,17,31H2,1-7H3,(H,32,34)/t19-,21?,22-,23+,26+,27-,28-,29+,30+/m0/s1. The zero-order valence-electron chi connectivity index (χ0n) is 23.1. The molecule has 0 aliphatic heterocycles. The zero-order valence-corrected chi connectivity index (χ0v) is 23.1. The van der Waals surface area contributed by atoms with Gasteiger partial charge in [-0.25, -0.2) is 5.48 Å². The number of ketones is 1. The molecule has 0 aromatic carbocycles. The van der Waals surface area contributed by atoms with E-state index in [-0.39, 0.29) is 50.9 Å². The van der Waals surface area contributed by atoms with Gasteiger partial charge in [-0.15, -0.1) is 0 Å². The molecule has 0 spiro atoms. The Bertz CT molecular complexity index is 988. The Morgan fingerprint density at radius 1 is 0.971 bits per heavy atom. The molecule has 0 bridgehead atoms. The number of hydroxylamine groups is 1. The molecule has 5 aliphatic rings. The van der Waals surface area contributed by atoms with Crippen LogP contribution in [0.15, 0.2) is 11.6 Å². The lowest BCUT2D eigenvalue weighted by atomic mass is 9.33. The summed E-state index contributed by atoms with van der Waals surface area (Å²) in [7, 11) is 0. The van der Waals surface area contributed by atoms with Crippen LogP contribution in [0.2, 0.25) is 0 Å². The average molecular weight is 485 g/mol. The number of hydrogen-bond donors (Lipinski definition) is 3. The second-order valence-electron chi connectivity index (χ2n) is 15.2. The summed E-state index contributed by atoms with van der Waals surface area (Å²) in [5.74, 6) is 0.712. The smallest absolute Gasteiger partial charge is 0.249 e. The van der Waals surface area contributed by atoms with Crippen LogP contribution in [0, 0.1) is 50.2 Å². The molecule has 0 saturated heterocycles. The molecule has 9 atom stereocenters. The number of nitrogens with two attached hydrogens (primary N) is 1. The first-order valence-electron chi connectivity index (χ1n) is 14.1. The van der Waals surface area contributed by atoms with Crippen molar-refractivity contribution in [1.29, 1.82) is 0 Å². The van der Waals surface area contributed by atoms with Crippen molar-refractivity contribution >= 4 is 11.7 Å². The Morgan fingerprint density at radius 3 is 2.29 bits per heavy atom. The molecule has 0 radical (unpaired) electrons. The van der Waals surface area contributed by atoms with Crippen molar-refractivity contribution in [2.45, 2.75) is 112 Å². The highest BCUT2D eigenvalue weighted by molar-refractivity contribution is 5.95. The Balaban J connectivity index is 1.61. The molecule has 5 rings (SSSR count). The predicted molar refractivity (Wildman–Crippen MR) is 137 cm³/mol. The summed E-state index contributed by atoms with van der Waals surface area (Å²) in [5, 5.41) is 9.46. The number of allylic oxidation sites excluding steroid dienone is 2. The van der Waals surface area contributed by atoms with Gasteiger partial charge in [-0.2, -0.15) is 0 Å². The molecule has 1 amide bonds. The third kappa shape index (κ3) is 3.06. The maximum Gasteiger partial charge on any atom is 0.249 e. The van der Waals surface area contributed by atoms with Crippen LogP contribution in [0.4, 0.5) is 0 Å². The lowest BCUT2D eigenvalue weighted by Crippen LogP contribution is -2.67. The van der Waals surface area contributed by atoms with E-state index in [1.165, 1.54) is 5.57 Å². The maximum absolute atomic E-state index is 14.3. The summed E-state index contributed by atoms with van der Waals surface area (Å²) in [6.45, 7) is 16.3. The van der Waals surface area contributed by atoms with E-state index in [0.29, 0.717) is 18.1 Å². The van der Waals surface area contributed by atoms with Crippen LogP contribution in [0.25, 0.3) is 0 Å². The number of nitrogens with one attached hydrogen (secondary N) is 1. The van der Waals surface area contributed by atoms with Crippen LogP contribution in [-0.2, 0) is 9.59 Å². The van der Waals surface area contributed by atoms with Gasteiger partial charge in [0.2, 0.25) is 5.91 Å². The number of amides is 1. The summed E-state index contributed by atoms with van der Waals surface area (Å²) < 4.78 is 0. The zero-order chi connectivity index (χ0) is 25.8. The van der Waals surface area contributed by atoms with Gasteiger partial charge < -0.3 is 5.73 Å². The van der Waals surface area contributed by atoms with Crippen molar-refractivity contribution in [3.8, 4) is 0 Å². The molecule has 196 valence electrons. The van der Waals surface area contributed by atoms with Gasteiger partial charge in [-0.3, -0.25) is 14.8 Å². The molecule has 4 N–H and O–H groups in total. The molecule has 4 fully saturated rings.